The van der Waals surface area contributed by atoms with Crippen molar-refractivity contribution >= 4 is 35.0 Å². The number of carbonyl (C=O) groups excluding carboxylic acids is 4. The number of rotatable bonds is 8. The van der Waals surface area contributed by atoms with Crippen LogP contribution in [0, 0.1) is 19.8 Å². The first-order chi connectivity index (χ1) is 13.7. The van der Waals surface area contributed by atoms with E-state index in [0.717, 1.165) is 9.75 Å². The number of hydrogen-bond donors (Lipinski definition) is 0. The number of ether oxygens (including phenoxy) is 2. The van der Waals surface area contributed by atoms with Crippen LogP contribution < -0.4 is 0 Å². The van der Waals surface area contributed by atoms with Crippen molar-refractivity contribution in [2.75, 3.05) is 19.7 Å². The number of Topliss-reactive ketones (excluding diaryl/α,β-unsaturated/α-hetero) is 1. The Labute approximate surface area is 175 Å². The fraction of sp³-hybridized carbons (Fsp3) is 0.619. The smallest absolute Gasteiger partial charge is 0.309 e. The molecule has 1 fully saturated rings. The van der Waals surface area contributed by atoms with Crippen molar-refractivity contribution in [1.29, 1.82) is 0 Å². The molecule has 0 radical (unpaired) electrons. The zero-order valence-corrected chi connectivity index (χ0v) is 18.3. The average molecular weight is 424 g/mol. The van der Waals surface area contributed by atoms with Crippen LogP contribution in [-0.4, -0.2) is 54.3 Å². The van der Waals surface area contributed by atoms with E-state index in [-0.39, 0.29) is 36.4 Å². The second-order valence-electron chi connectivity index (χ2n) is 7.23. The molecule has 1 aromatic heterocycles. The number of carbonyl (C=O) groups is 4. The van der Waals surface area contributed by atoms with Crippen LogP contribution >= 0.6 is 11.3 Å². The highest BCUT2D eigenvalue weighted by Gasteiger charge is 2.31. The molecule has 0 aliphatic carbocycles. The molecule has 8 heteroatoms. The summed E-state index contributed by atoms with van der Waals surface area (Å²) < 4.78 is 10.3. The lowest BCUT2D eigenvalue weighted by atomic mass is 9.97. The molecule has 0 spiro atoms. The molecule has 7 nitrogen and oxygen atoms in total. The molecule has 0 bridgehead atoms. The van der Waals surface area contributed by atoms with E-state index in [1.165, 1.54) is 6.92 Å². The Morgan fingerprint density at radius 2 is 1.83 bits per heavy atom. The molecule has 0 N–H and O–H groups in total. The number of amides is 1. The van der Waals surface area contributed by atoms with E-state index in [2.05, 4.69) is 0 Å². The maximum Gasteiger partial charge on any atom is 0.309 e. The van der Waals surface area contributed by atoms with Gasteiger partial charge in [-0.05, 0) is 46.6 Å². The highest BCUT2D eigenvalue weighted by atomic mass is 32.1. The largest absolute Gasteiger partial charge is 0.466 e. The minimum Gasteiger partial charge on any atom is -0.466 e. The van der Waals surface area contributed by atoms with Gasteiger partial charge in [0.2, 0.25) is 0 Å². The number of aryl methyl sites for hydroxylation is 2. The van der Waals surface area contributed by atoms with Crippen LogP contribution in [0.3, 0.4) is 0 Å². The van der Waals surface area contributed by atoms with Crippen molar-refractivity contribution in [3.8, 4) is 0 Å². The Morgan fingerprint density at radius 3 is 2.38 bits per heavy atom. The van der Waals surface area contributed by atoms with Crippen molar-refractivity contribution in [3.63, 3.8) is 0 Å². The topological polar surface area (TPSA) is 90.0 Å². The summed E-state index contributed by atoms with van der Waals surface area (Å²) in [5.74, 6) is -1.35. The summed E-state index contributed by atoms with van der Waals surface area (Å²) in [6.45, 7) is 8.33. The van der Waals surface area contributed by atoms with Gasteiger partial charge in [0.25, 0.3) is 5.91 Å². The summed E-state index contributed by atoms with van der Waals surface area (Å²) in [6.07, 6.45) is 0.164. The Kier molecular flexibility index (Phi) is 8.37. The molecule has 2 rings (SSSR count). The number of hydrogen-bond acceptors (Lipinski definition) is 7. The van der Waals surface area contributed by atoms with Gasteiger partial charge in [-0.15, -0.1) is 11.3 Å². The van der Waals surface area contributed by atoms with Crippen LogP contribution in [0.25, 0.3) is 0 Å². The van der Waals surface area contributed by atoms with Gasteiger partial charge in [0, 0.05) is 34.8 Å². The first-order valence-corrected chi connectivity index (χ1v) is 10.8. The number of piperidine rings is 1. The van der Waals surface area contributed by atoms with Crippen LogP contribution in [-0.2, 0) is 23.9 Å². The second-order valence-corrected chi connectivity index (χ2v) is 8.69. The van der Waals surface area contributed by atoms with Gasteiger partial charge in [-0.25, -0.2) is 0 Å². The van der Waals surface area contributed by atoms with E-state index in [1.54, 1.807) is 23.2 Å². The van der Waals surface area contributed by atoms with Gasteiger partial charge >= 0.3 is 11.9 Å². The number of likely N-dealkylation sites (tertiary alicyclic amines) is 1. The molecular weight excluding hydrogens is 394 g/mol. The van der Waals surface area contributed by atoms with Gasteiger partial charge in [0.15, 0.2) is 11.9 Å². The molecule has 1 saturated heterocycles. The molecule has 0 aromatic carbocycles. The van der Waals surface area contributed by atoms with Crippen molar-refractivity contribution < 1.29 is 28.7 Å². The van der Waals surface area contributed by atoms with Crippen LogP contribution in [0.2, 0.25) is 0 Å². The van der Waals surface area contributed by atoms with Crippen LogP contribution in [0.15, 0.2) is 6.07 Å². The van der Waals surface area contributed by atoms with Gasteiger partial charge in [0.1, 0.15) is 0 Å². The summed E-state index contributed by atoms with van der Waals surface area (Å²) in [4.78, 5) is 52.2. The Bertz CT molecular complexity index is 763. The summed E-state index contributed by atoms with van der Waals surface area (Å²) in [5.41, 5.74) is 0.647. The summed E-state index contributed by atoms with van der Waals surface area (Å²) >= 11 is 1.55. The second kappa shape index (κ2) is 10.5. The summed E-state index contributed by atoms with van der Waals surface area (Å²) in [5, 5.41) is 0. The predicted octanol–water partition coefficient (Wildman–Crippen LogP) is 3.06. The Morgan fingerprint density at radius 1 is 1.17 bits per heavy atom. The van der Waals surface area contributed by atoms with Crippen molar-refractivity contribution in [1.82, 2.24) is 4.90 Å². The zero-order chi connectivity index (χ0) is 21.6. The molecule has 1 aliphatic heterocycles. The van der Waals surface area contributed by atoms with Gasteiger partial charge in [-0.2, -0.15) is 0 Å². The normalized spacial score (nSPS) is 15.7. The number of thiophene rings is 1. The first-order valence-electron chi connectivity index (χ1n) is 9.98. The van der Waals surface area contributed by atoms with Crippen LogP contribution in [0.4, 0.5) is 0 Å². The number of ketones is 1. The van der Waals surface area contributed by atoms with Crippen molar-refractivity contribution in [2.24, 2.45) is 5.92 Å². The van der Waals surface area contributed by atoms with Gasteiger partial charge in [-0.1, -0.05) is 0 Å². The maximum absolute atomic E-state index is 12.5. The maximum atomic E-state index is 12.5. The Hall–Kier alpha value is -2.22. The quantitative estimate of drug-likeness (QED) is 0.472. The van der Waals surface area contributed by atoms with Crippen LogP contribution in [0.5, 0.6) is 0 Å². The SMILES string of the molecule is CCOC(=O)C1CCN(C(=O)C(C)OC(=O)CCC(=O)c2cc(C)sc2C)CC1. The molecule has 1 aromatic rings. The van der Waals surface area contributed by atoms with Crippen molar-refractivity contribution in [2.45, 2.75) is 59.5 Å². The molecule has 29 heavy (non-hydrogen) atoms. The van der Waals surface area contributed by atoms with Gasteiger partial charge in [-0.3, -0.25) is 19.2 Å². The van der Waals surface area contributed by atoms with E-state index in [1.807, 2.05) is 19.9 Å². The van der Waals surface area contributed by atoms with Crippen LogP contribution in [0.1, 0.15) is 59.6 Å². The lowest BCUT2D eigenvalue weighted by Gasteiger charge is -2.32. The van der Waals surface area contributed by atoms with Crippen molar-refractivity contribution in [3.05, 3.63) is 21.4 Å². The zero-order valence-electron chi connectivity index (χ0n) is 17.5. The molecule has 1 aliphatic rings. The van der Waals surface area contributed by atoms with Gasteiger partial charge < -0.3 is 14.4 Å². The Balaban J connectivity index is 1.76. The fourth-order valence-electron chi connectivity index (χ4n) is 3.42. The molecule has 1 unspecified atom stereocenters. The van der Waals surface area contributed by atoms with E-state index in [9.17, 15) is 19.2 Å². The molecule has 160 valence electrons. The van der Waals surface area contributed by atoms with E-state index in [0.29, 0.717) is 38.1 Å². The van der Waals surface area contributed by atoms with Gasteiger partial charge in [0.05, 0.1) is 18.9 Å². The van der Waals surface area contributed by atoms with E-state index < -0.39 is 12.1 Å². The highest BCUT2D eigenvalue weighted by Crippen LogP contribution is 2.23. The number of nitrogens with zero attached hydrogens (tertiary/aromatic N) is 1. The minimum absolute atomic E-state index is 0.0572. The summed E-state index contributed by atoms with van der Waals surface area (Å²) in [7, 11) is 0. The molecule has 1 atom stereocenters. The third kappa shape index (κ3) is 6.39. The molecular formula is C21H29NO6S. The average Bonchev–Trinajstić information content (AvgIpc) is 3.04. The fourth-order valence-corrected chi connectivity index (χ4v) is 4.36. The highest BCUT2D eigenvalue weighted by molar-refractivity contribution is 7.12. The first kappa shape index (κ1) is 23.1. The lowest BCUT2D eigenvalue weighted by Crippen LogP contribution is -2.45. The molecule has 0 saturated carbocycles. The minimum atomic E-state index is -0.915. The molecule has 2 heterocycles. The summed E-state index contributed by atoms with van der Waals surface area (Å²) in [6, 6.07) is 1.83. The molecule has 1 amide bonds. The lowest BCUT2D eigenvalue weighted by molar-refractivity contribution is -0.160. The van der Waals surface area contributed by atoms with E-state index in [4.69, 9.17) is 9.47 Å². The predicted molar refractivity (Wildman–Crippen MR) is 109 cm³/mol. The monoisotopic (exact) mass is 423 g/mol. The third-order valence-electron chi connectivity index (χ3n) is 4.98. The van der Waals surface area contributed by atoms with E-state index >= 15 is 0 Å². The standard InChI is InChI=1S/C21H29NO6S/c1-5-27-21(26)16-8-10-22(11-9-16)20(25)14(3)28-19(24)7-6-18(23)17-12-13(2)29-15(17)4/h12,14,16H,5-11H2,1-4H3. The number of esters is 2. The third-order valence-corrected chi connectivity index (χ3v) is 5.95.